The lowest BCUT2D eigenvalue weighted by Crippen LogP contribution is -2.16. The van der Waals surface area contributed by atoms with Gasteiger partial charge in [0.2, 0.25) is 5.95 Å². The second kappa shape index (κ2) is 5.43. The number of aromatic nitrogens is 4. The maximum Gasteiger partial charge on any atom is 0.212 e. The van der Waals surface area contributed by atoms with Crippen LogP contribution in [0.25, 0.3) is 22.2 Å². The van der Waals surface area contributed by atoms with Crippen LogP contribution in [0.15, 0.2) is 34.9 Å². The molecule has 0 unspecified atom stereocenters. The van der Waals surface area contributed by atoms with Crippen molar-refractivity contribution >= 4 is 27.0 Å². The Morgan fingerprint density at radius 2 is 1.95 bits per heavy atom. The largest absolute Gasteiger partial charge is 0.244 e. The first-order valence-electron chi connectivity index (χ1n) is 6.99. The number of pyridine rings is 1. The van der Waals surface area contributed by atoms with E-state index >= 15 is 0 Å². The van der Waals surface area contributed by atoms with Gasteiger partial charge in [-0.25, -0.2) is 9.67 Å². The average Bonchev–Trinajstić information content (AvgIpc) is 2.83. The molecule has 0 saturated heterocycles. The van der Waals surface area contributed by atoms with Crippen LogP contribution < -0.4 is 0 Å². The van der Waals surface area contributed by atoms with Crippen molar-refractivity contribution in [2.24, 2.45) is 5.41 Å². The molecule has 4 nitrogen and oxygen atoms in total. The molecule has 0 bridgehead atoms. The molecule has 0 aliphatic rings. The average molecular weight is 363 g/mol. The molecule has 0 aliphatic carbocycles. The maximum absolute atomic E-state index is 13.0. The van der Waals surface area contributed by atoms with Crippen molar-refractivity contribution in [3.63, 3.8) is 0 Å². The topological polar surface area (TPSA) is 43.6 Å². The summed E-state index contributed by atoms with van der Waals surface area (Å²) in [6.45, 7) is 7.27. The summed E-state index contributed by atoms with van der Waals surface area (Å²) in [4.78, 5) is 3.70. The first kappa shape index (κ1) is 15.1. The lowest BCUT2D eigenvalue weighted by molar-refractivity contribution is 0.327. The lowest BCUT2D eigenvalue weighted by atomic mass is 9.97. The number of fused-ring (bicyclic) bond motifs is 1. The van der Waals surface area contributed by atoms with Crippen LogP contribution >= 0.6 is 15.9 Å². The van der Waals surface area contributed by atoms with Crippen molar-refractivity contribution in [3.05, 3.63) is 40.9 Å². The Bertz CT molecular complexity index is 819. The van der Waals surface area contributed by atoms with Crippen molar-refractivity contribution in [1.29, 1.82) is 0 Å². The predicted octanol–water partition coefficient (Wildman–Crippen LogP) is 4.44. The van der Waals surface area contributed by atoms with E-state index in [9.17, 15) is 4.39 Å². The van der Waals surface area contributed by atoms with Gasteiger partial charge in [0.15, 0.2) is 0 Å². The second-order valence-electron chi connectivity index (χ2n) is 6.47. The van der Waals surface area contributed by atoms with Crippen LogP contribution in [0, 0.1) is 11.4 Å². The highest BCUT2D eigenvalue weighted by Crippen LogP contribution is 2.33. The van der Waals surface area contributed by atoms with Crippen LogP contribution in [-0.4, -0.2) is 20.0 Å². The zero-order valence-electron chi connectivity index (χ0n) is 12.6. The smallest absolute Gasteiger partial charge is 0.212 e. The molecular weight excluding hydrogens is 347 g/mol. The summed E-state index contributed by atoms with van der Waals surface area (Å²) < 4.78 is 15.7. The molecule has 0 aliphatic heterocycles. The molecule has 0 N–H and O–H groups in total. The van der Waals surface area contributed by atoms with Gasteiger partial charge in [0.1, 0.15) is 5.52 Å². The summed E-state index contributed by atoms with van der Waals surface area (Å²) in [5, 5.41) is 8.53. The van der Waals surface area contributed by atoms with Gasteiger partial charge in [0, 0.05) is 18.3 Å². The number of hydrogen-bond acceptors (Lipinski definition) is 3. The highest BCUT2D eigenvalue weighted by atomic mass is 79.9. The van der Waals surface area contributed by atoms with Crippen LogP contribution in [0.1, 0.15) is 20.8 Å². The molecule has 3 rings (SSSR count). The van der Waals surface area contributed by atoms with E-state index in [2.05, 4.69) is 52.0 Å². The van der Waals surface area contributed by atoms with Crippen LogP contribution in [-0.2, 0) is 6.54 Å². The Kier molecular flexibility index (Phi) is 3.72. The van der Waals surface area contributed by atoms with Crippen molar-refractivity contribution in [3.8, 4) is 11.1 Å². The minimum absolute atomic E-state index is 0.118. The normalized spacial score (nSPS) is 12.0. The van der Waals surface area contributed by atoms with E-state index in [1.807, 2.05) is 16.8 Å². The fraction of sp³-hybridized carbons (Fsp3) is 0.312. The molecule has 0 spiro atoms. The third kappa shape index (κ3) is 2.88. The Balaban J connectivity index is 2.09. The Morgan fingerprint density at radius 3 is 2.59 bits per heavy atom. The first-order valence-corrected chi connectivity index (χ1v) is 7.78. The SMILES string of the molecule is CC(C)(C)Cn1nnc2c(Br)c(-c3ccc(F)nc3)ccc21. The fourth-order valence-corrected chi connectivity index (χ4v) is 2.97. The number of hydrogen-bond donors (Lipinski definition) is 0. The number of benzene rings is 1. The summed E-state index contributed by atoms with van der Waals surface area (Å²) in [5.74, 6) is -0.489. The number of nitrogens with zero attached hydrogens (tertiary/aromatic N) is 4. The highest BCUT2D eigenvalue weighted by Gasteiger charge is 2.17. The molecule has 2 aromatic heterocycles. The molecular formula is C16H16BrFN4. The molecule has 22 heavy (non-hydrogen) atoms. The van der Waals surface area contributed by atoms with Crippen molar-refractivity contribution < 1.29 is 4.39 Å². The van der Waals surface area contributed by atoms with Gasteiger partial charge in [-0.2, -0.15) is 4.39 Å². The summed E-state index contributed by atoms with van der Waals surface area (Å²) in [6.07, 6.45) is 1.51. The van der Waals surface area contributed by atoms with Gasteiger partial charge in [0.05, 0.1) is 9.99 Å². The van der Waals surface area contributed by atoms with E-state index in [0.717, 1.165) is 33.2 Å². The van der Waals surface area contributed by atoms with Gasteiger partial charge in [0.25, 0.3) is 0 Å². The van der Waals surface area contributed by atoms with E-state index < -0.39 is 5.95 Å². The van der Waals surface area contributed by atoms with E-state index in [4.69, 9.17) is 0 Å². The van der Waals surface area contributed by atoms with Crippen molar-refractivity contribution in [1.82, 2.24) is 20.0 Å². The third-order valence-corrected chi connectivity index (χ3v) is 4.09. The van der Waals surface area contributed by atoms with Crippen LogP contribution in [0.2, 0.25) is 0 Å². The van der Waals surface area contributed by atoms with E-state index in [1.54, 1.807) is 6.07 Å². The predicted molar refractivity (Wildman–Crippen MR) is 87.9 cm³/mol. The molecule has 0 radical (unpaired) electrons. The van der Waals surface area contributed by atoms with Gasteiger partial charge in [-0.1, -0.05) is 32.1 Å². The van der Waals surface area contributed by atoms with E-state index in [0.29, 0.717) is 0 Å². The summed E-state index contributed by atoms with van der Waals surface area (Å²) in [5.41, 5.74) is 3.64. The van der Waals surface area contributed by atoms with Crippen LogP contribution in [0.4, 0.5) is 4.39 Å². The molecule has 0 fully saturated rings. The number of rotatable bonds is 2. The van der Waals surface area contributed by atoms with Gasteiger partial charge >= 0.3 is 0 Å². The maximum atomic E-state index is 13.0. The van der Waals surface area contributed by atoms with Gasteiger partial charge in [-0.3, -0.25) is 0 Å². The van der Waals surface area contributed by atoms with E-state index in [-0.39, 0.29) is 5.41 Å². The van der Waals surface area contributed by atoms with Crippen molar-refractivity contribution in [2.75, 3.05) is 0 Å². The zero-order valence-corrected chi connectivity index (χ0v) is 14.2. The minimum atomic E-state index is -0.489. The second-order valence-corrected chi connectivity index (χ2v) is 7.27. The van der Waals surface area contributed by atoms with Crippen molar-refractivity contribution in [2.45, 2.75) is 27.3 Å². The van der Waals surface area contributed by atoms with Gasteiger partial charge in [-0.15, -0.1) is 5.10 Å². The Labute approximate surface area is 136 Å². The van der Waals surface area contributed by atoms with Crippen LogP contribution in [0.5, 0.6) is 0 Å². The molecule has 1 aromatic carbocycles. The summed E-state index contributed by atoms with van der Waals surface area (Å²) in [6, 6.07) is 7.02. The molecule has 0 atom stereocenters. The van der Waals surface area contributed by atoms with Gasteiger partial charge in [-0.05, 0) is 45.1 Å². The molecule has 0 saturated carbocycles. The monoisotopic (exact) mass is 362 g/mol. The van der Waals surface area contributed by atoms with Crippen LogP contribution in [0.3, 0.4) is 0 Å². The molecule has 0 amide bonds. The summed E-state index contributed by atoms with van der Waals surface area (Å²) in [7, 11) is 0. The third-order valence-electron chi connectivity index (χ3n) is 3.29. The molecule has 114 valence electrons. The first-order chi connectivity index (χ1) is 10.3. The van der Waals surface area contributed by atoms with Gasteiger partial charge < -0.3 is 0 Å². The summed E-state index contributed by atoms with van der Waals surface area (Å²) >= 11 is 3.59. The quantitative estimate of drug-likeness (QED) is 0.632. The minimum Gasteiger partial charge on any atom is -0.244 e. The number of halogens is 2. The molecule has 2 heterocycles. The Hall–Kier alpha value is -1.82. The lowest BCUT2D eigenvalue weighted by Gasteiger charge is -2.18. The fourth-order valence-electron chi connectivity index (χ4n) is 2.33. The Morgan fingerprint density at radius 1 is 1.18 bits per heavy atom. The van der Waals surface area contributed by atoms with E-state index in [1.165, 1.54) is 12.3 Å². The highest BCUT2D eigenvalue weighted by molar-refractivity contribution is 9.10. The molecule has 6 heteroatoms. The molecule has 3 aromatic rings. The standard InChI is InChI=1S/C16H16BrFN4/c1-16(2,3)9-22-12-6-5-11(14(17)15(12)20-21-22)10-4-7-13(18)19-8-10/h4-8H,9H2,1-3H3. The zero-order chi connectivity index (χ0) is 15.9.